The SMILES string of the molecule is CC(C)(C)C(=O)Nc1ccc(C(=O)NCCNC(=O)NC2CCCCC2)cc1. The van der Waals surface area contributed by atoms with E-state index in [1.165, 1.54) is 19.3 Å². The largest absolute Gasteiger partial charge is 0.350 e. The molecule has 0 saturated heterocycles. The summed E-state index contributed by atoms with van der Waals surface area (Å²) < 4.78 is 0. The number of carbonyl (C=O) groups excluding carboxylic acids is 3. The van der Waals surface area contributed by atoms with E-state index in [0.29, 0.717) is 24.3 Å². The van der Waals surface area contributed by atoms with Crippen LogP contribution in [0.5, 0.6) is 0 Å². The van der Waals surface area contributed by atoms with Crippen LogP contribution in [0.3, 0.4) is 0 Å². The maximum Gasteiger partial charge on any atom is 0.315 e. The molecule has 1 aromatic rings. The van der Waals surface area contributed by atoms with Crippen molar-refractivity contribution in [1.82, 2.24) is 16.0 Å². The number of urea groups is 1. The van der Waals surface area contributed by atoms with Gasteiger partial charge >= 0.3 is 6.03 Å². The summed E-state index contributed by atoms with van der Waals surface area (Å²) in [6.45, 7) is 6.23. The molecule has 0 heterocycles. The van der Waals surface area contributed by atoms with Crippen molar-refractivity contribution in [2.75, 3.05) is 18.4 Å². The van der Waals surface area contributed by atoms with Crippen LogP contribution in [0, 0.1) is 5.41 Å². The molecule has 7 nitrogen and oxygen atoms in total. The Bertz CT molecular complexity index is 674. The van der Waals surface area contributed by atoms with E-state index in [-0.39, 0.29) is 23.9 Å². The molecular weight excluding hydrogens is 356 g/mol. The Balaban J connectivity index is 1.68. The molecule has 7 heteroatoms. The second-order valence-corrected chi connectivity index (χ2v) is 8.27. The lowest BCUT2D eigenvalue weighted by molar-refractivity contribution is -0.123. The fourth-order valence-corrected chi connectivity index (χ4v) is 2.96. The summed E-state index contributed by atoms with van der Waals surface area (Å²) in [7, 11) is 0. The number of amides is 4. The van der Waals surface area contributed by atoms with Gasteiger partial charge in [0.25, 0.3) is 5.91 Å². The van der Waals surface area contributed by atoms with Gasteiger partial charge in [-0.25, -0.2) is 4.79 Å². The Labute approximate surface area is 167 Å². The van der Waals surface area contributed by atoms with Crippen molar-refractivity contribution < 1.29 is 14.4 Å². The maximum absolute atomic E-state index is 12.2. The first-order valence-corrected chi connectivity index (χ1v) is 10.00. The zero-order valence-electron chi connectivity index (χ0n) is 17.1. The quantitative estimate of drug-likeness (QED) is 0.564. The molecule has 0 spiro atoms. The lowest BCUT2D eigenvalue weighted by Crippen LogP contribution is -2.45. The molecule has 28 heavy (non-hydrogen) atoms. The lowest BCUT2D eigenvalue weighted by atomic mass is 9.95. The lowest BCUT2D eigenvalue weighted by Gasteiger charge is -2.22. The van der Waals surface area contributed by atoms with Crippen LogP contribution >= 0.6 is 0 Å². The first kappa shape index (κ1) is 21.7. The fourth-order valence-electron chi connectivity index (χ4n) is 2.96. The van der Waals surface area contributed by atoms with Crippen molar-refractivity contribution in [2.45, 2.75) is 58.9 Å². The smallest absolute Gasteiger partial charge is 0.315 e. The normalized spacial score (nSPS) is 14.8. The van der Waals surface area contributed by atoms with E-state index >= 15 is 0 Å². The third-order valence-corrected chi connectivity index (χ3v) is 4.72. The van der Waals surface area contributed by atoms with Crippen molar-refractivity contribution in [3.63, 3.8) is 0 Å². The average molecular weight is 389 g/mol. The molecule has 1 aliphatic rings. The highest BCUT2D eigenvalue weighted by atomic mass is 16.2. The zero-order valence-corrected chi connectivity index (χ0v) is 17.1. The molecule has 4 amide bonds. The number of hydrogen-bond acceptors (Lipinski definition) is 3. The second-order valence-electron chi connectivity index (χ2n) is 8.27. The first-order chi connectivity index (χ1) is 13.3. The van der Waals surface area contributed by atoms with Gasteiger partial charge in [-0.3, -0.25) is 9.59 Å². The number of hydrogen-bond donors (Lipinski definition) is 4. The van der Waals surface area contributed by atoms with E-state index in [0.717, 1.165) is 12.8 Å². The van der Waals surface area contributed by atoms with Crippen LogP contribution in [0.4, 0.5) is 10.5 Å². The van der Waals surface area contributed by atoms with E-state index in [2.05, 4.69) is 21.3 Å². The van der Waals surface area contributed by atoms with Gasteiger partial charge in [0.05, 0.1) is 0 Å². The van der Waals surface area contributed by atoms with Gasteiger partial charge in [0.2, 0.25) is 5.91 Å². The summed E-state index contributed by atoms with van der Waals surface area (Å²) in [5.74, 6) is -0.300. The molecule has 0 aliphatic heterocycles. The molecule has 0 radical (unpaired) electrons. The van der Waals surface area contributed by atoms with Gasteiger partial charge in [-0.15, -0.1) is 0 Å². The van der Waals surface area contributed by atoms with Gasteiger partial charge in [-0.2, -0.15) is 0 Å². The van der Waals surface area contributed by atoms with E-state index in [9.17, 15) is 14.4 Å². The highest BCUT2D eigenvalue weighted by Crippen LogP contribution is 2.18. The Morgan fingerprint density at radius 2 is 1.54 bits per heavy atom. The van der Waals surface area contributed by atoms with Crippen LogP contribution in [-0.4, -0.2) is 37.0 Å². The van der Waals surface area contributed by atoms with Crippen molar-refractivity contribution in [3.8, 4) is 0 Å². The number of anilines is 1. The minimum absolute atomic E-state index is 0.0812. The molecule has 1 fully saturated rings. The monoisotopic (exact) mass is 388 g/mol. The number of carbonyl (C=O) groups is 3. The van der Waals surface area contributed by atoms with Gasteiger partial charge < -0.3 is 21.3 Å². The average Bonchev–Trinajstić information content (AvgIpc) is 2.65. The molecule has 0 bridgehead atoms. The Kier molecular flexibility index (Phi) is 7.84. The Morgan fingerprint density at radius 3 is 2.14 bits per heavy atom. The van der Waals surface area contributed by atoms with E-state index in [1.807, 2.05) is 20.8 Å². The molecule has 154 valence electrons. The molecule has 0 atom stereocenters. The van der Waals surface area contributed by atoms with Gasteiger partial charge in [0, 0.05) is 35.8 Å². The van der Waals surface area contributed by atoms with Crippen LogP contribution < -0.4 is 21.3 Å². The van der Waals surface area contributed by atoms with Crippen LogP contribution in [0.2, 0.25) is 0 Å². The molecule has 0 aromatic heterocycles. The molecule has 4 N–H and O–H groups in total. The Morgan fingerprint density at radius 1 is 0.929 bits per heavy atom. The van der Waals surface area contributed by atoms with Crippen LogP contribution in [0.15, 0.2) is 24.3 Å². The van der Waals surface area contributed by atoms with Crippen LogP contribution in [0.1, 0.15) is 63.2 Å². The standard InChI is InChI=1S/C21H32N4O3/c1-21(2,3)19(27)24-17-11-9-15(10-12-17)18(26)22-13-14-23-20(28)25-16-7-5-4-6-8-16/h9-12,16H,4-8,13-14H2,1-3H3,(H,22,26)(H,24,27)(H2,23,25,28). The van der Waals surface area contributed by atoms with Gasteiger partial charge in [0.15, 0.2) is 0 Å². The second kappa shape index (κ2) is 10.1. The predicted octanol–water partition coefficient (Wildman–Crippen LogP) is 3.03. The summed E-state index contributed by atoms with van der Waals surface area (Å²) in [6.07, 6.45) is 5.65. The number of rotatable bonds is 6. The molecule has 0 unspecified atom stereocenters. The van der Waals surface area contributed by atoms with Crippen molar-refractivity contribution in [2.24, 2.45) is 5.41 Å². The topological polar surface area (TPSA) is 99.3 Å². The minimum atomic E-state index is -0.480. The summed E-state index contributed by atoms with van der Waals surface area (Å²) >= 11 is 0. The summed E-state index contributed by atoms with van der Waals surface area (Å²) in [4.78, 5) is 36.0. The zero-order chi connectivity index (χ0) is 20.6. The van der Waals surface area contributed by atoms with Gasteiger partial charge in [-0.05, 0) is 37.1 Å². The number of benzene rings is 1. The highest BCUT2D eigenvalue weighted by Gasteiger charge is 2.21. The van der Waals surface area contributed by atoms with Crippen LogP contribution in [0.25, 0.3) is 0 Å². The third kappa shape index (κ3) is 7.21. The fraction of sp³-hybridized carbons (Fsp3) is 0.571. The minimum Gasteiger partial charge on any atom is -0.350 e. The van der Waals surface area contributed by atoms with Crippen molar-refractivity contribution in [1.29, 1.82) is 0 Å². The van der Waals surface area contributed by atoms with Crippen LogP contribution in [-0.2, 0) is 4.79 Å². The number of nitrogens with one attached hydrogen (secondary N) is 4. The molecule has 1 aliphatic carbocycles. The first-order valence-electron chi connectivity index (χ1n) is 10.00. The Hall–Kier alpha value is -2.57. The molecule has 1 saturated carbocycles. The van der Waals surface area contributed by atoms with Gasteiger partial charge in [-0.1, -0.05) is 40.0 Å². The van der Waals surface area contributed by atoms with E-state index < -0.39 is 5.41 Å². The van der Waals surface area contributed by atoms with E-state index in [4.69, 9.17) is 0 Å². The summed E-state index contributed by atoms with van der Waals surface area (Å²) in [6, 6.07) is 6.82. The van der Waals surface area contributed by atoms with E-state index in [1.54, 1.807) is 24.3 Å². The maximum atomic E-state index is 12.2. The van der Waals surface area contributed by atoms with Gasteiger partial charge in [0.1, 0.15) is 0 Å². The molecule has 2 rings (SSSR count). The van der Waals surface area contributed by atoms with Crippen molar-refractivity contribution in [3.05, 3.63) is 29.8 Å². The van der Waals surface area contributed by atoms with Crippen molar-refractivity contribution >= 4 is 23.5 Å². The summed E-state index contributed by atoms with van der Waals surface area (Å²) in [5, 5.41) is 11.3. The summed E-state index contributed by atoms with van der Waals surface area (Å²) in [5.41, 5.74) is 0.671. The highest BCUT2D eigenvalue weighted by molar-refractivity contribution is 5.97. The predicted molar refractivity (Wildman–Crippen MR) is 110 cm³/mol. The molecular formula is C21H32N4O3. The molecule has 1 aromatic carbocycles. The third-order valence-electron chi connectivity index (χ3n) is 4.72.